The molecule has 1 aliphatic rings. The van der Waals surface area contributed by atoms with Gasteiger partial charge in [0.25, 0.3) is 0 Å². The van der Waals surface area contributed by atoms with E-state index in [1.807, 2.05) is 0 Å². The lowest BCUT2D eigenvalue weighted by atomic mass is 9.97. The van der Waals surface area contributed by atoms with Gasteiger partial charge in [-0.25, -0.2) is 14.4 Å². The lowest BCUT2D eigenvalue weighted by Gasteiger charge is -2.10. The summed E-state index contributed by atoms with van der Waals surface area (Å²) in [7, 11) is 1.61. The minimum absolute atomic E-state index is 0.0375. The molecule has 0 saturated heterocycles. The molecule has 1 aromatic heterocycles. The Morgan fingerprint density at radius 3 is 2.96 bits per heavy atom. The van der Waals surface area contributed by atoms with Crippen molar-refractivity contribution >= 4 is 28.8 Å². The van der Waals surface area contributed by atoms with Crippen molar-refractivity contribution in [2.24, 2.45) is 10.1 Å². The standard InChI is InChI=1S/C17H15ClFN3O2/c1-24-9-11-8-13-12(4-5-20-17(13)21-11)16(22-23)7-10-2-3-15(19)14(18)6-10/h2-6,23H,7-9H2,1H3/b22-16+. The molecule has 7 heteroatoms. The van der Waals surface area contributed by atoms with Crippen molar-refractivity contribution in [3.05, 3.63) is 58.0 Å². The summed E-state index contributed by atoms with van der Waals surface area (Å²) in [5.74, 6) is 0.128. The average Bonchev–Trinajstić information content (AvgIpc) is 2.99. The SMILES string of the molecule is COCC1=Nc2nccc(/C(Cc3ccc(F)c(Cl)c3)=N/O)c2C1. The monoisotopic (exact) mass is 347 g/mol. The van der Waals surface area contributed by atoms with Gasteiger partial charge in [-0.2, -0.15) is 0 Å². The number of pyridine rings is 1. The number of fused-ring (bicyclic) bond motifs is 1. The average molecular weight is 348 g/mol. The number of nitrogens with zero attached hydrogens (tertiary/aromatic N) is 3. The maximum atomic E-state index is 13.3. The van der Waals surface area contributed by atoms with Gasteiger partial charge in [-0.3, -0.25) is 0 Å². The van der Waals surface area contributed by atoms with Gasteiger partial charge in [0.05, 0.1) is 23.1 Å². The molecule has 2 aromatic rings. The molecule has 0 fully saturated rings. The number of halogens is 2. The van der Waals surface area contributed by atoms with Gasteiger partial charge in [-0.05, 0) is 23.8 Å². The molecule has 1 aromatic carbocycles. The molecule has 24 heavy (non-hydrogen) atoms. The van der Waals surface area contributed by atoms with Crippen LogP contribution in [0.3, 0.4) is 0 Å². The van der Waals surface area contributed by atoms with E-state index in [4.69, 9.17) is 16.3 Å². The van der Waals surface area contributed by atoms with Crippen LogP contribution in [0.2, 0.25) is 5.02 Å². The predicted octanol–water partition coefficient (Wildman–Crippen LogP) is 3.57. The first-order valence-electron chi connectivity index (χ1n) is 7.31. The van der Waals surface area contributed by atoms with E-state index in [0.717, 1.165) is 22.4 Å². The number of aliphatic imine (C=N–C) groups is 1. The van der Waals surface area contributed by atoms with Crippen LogP contribution in [-0.4, -0.2) is 35.3 Å². The van der Waals surface area contributed by atoms with Crippen molar-refractivity contribution in [2.45, 2.75) is 12.8 Å². The third-order valence-corrected chi connectivity index (χ3v) is 4.07. The molecule has 3 rings (SSSR count). The quantitative estimate of drug-likeness (QED) is 0.511. The number of oxime groups is 1. The van der Waals surface area contributed by atoms with Crippen LogP contribution >= 0.6 is 11.6 Å². The number of hydrogen-bond donors (Lipinski definition) is 1. The second-order valence-corrected chi connectivity index (χ2v) is 5.83. The van der Waals surface area contributed by atoms with E-state index in [1.165, 1.54) is 12.1 Å². The summed E-state index contributed by atoms with van der Waals surface area (Å²) in [5, 5.41) is 12.9. The number of ether oxygens (including phenoxy) is 1. The lowest BCUT2D eigenvalue weighted by Crippen LogP contribution is -2.12. The highest BCUT2D eigenvalue weighted by molar-refractivity contribution is 6.30. The fourth-order valence-corrected chi connectivity index (χ4v) is 2.90. The Labute approximate surface area is 143 Å². The largest absolute Gasteiger partial charge is 0.411 e. The van der Waals surface area contributed by atoms with Crippen molar-refractivity contribution in [3.63, 3.8) is 0 Å². The van der Waals surface area contributed by atoms with Gasteiger partial charge >= 0.3 is 0 Å². The number of benzene rings is 1. The van der Waals surface area contributed by atoms with E-state index in [9.17, 15) is 9.60 Å². The van der Waals surface area contributed by atoms with Gasteiger partial charge in [0, 0.05) is 37.3 Å². The maximum Gasteiger partial charge on any atom is 0.156 e. The van der Waals surface area contributed by atoms with Crippen LogP contribution in [0.1, 0.15) is 16.7 Å². The lowest BCUT2D eigenvalue weighted by molar-refractivity contribution is 0.244. The molecule has 0 saturated carbocycles. The second kappa shape index (κ2) is 7.07. The Kier molecular flexibility index (Phi) is 4.87. The van der Waals surface area contributed by atoms with Gasteiger partial charge in [-0.15, -0.1) is 0 Å². The summed E-state index contributed by atoms with van der Waals surface area (Å²) >= 11 is 5.81. The Balaban J connectivity index is 1.89. The fourth-order valence-electron chi connectivity index (χ4n) is 2.69. The highest BCUT2D eigenvalue weighted by atomic mass is 35.5. The van der Waals surface area contributed by atoms with Crippen LogP contribution in [0, 0.1) is 5.82 Å². The predicted molar refractivity (Wildman–Crippen MR) is 90.3 cm³/mol. The van der Waals surface area contributed by atoms with Crippen LogP contribution in [0.25, 0.3) is 0 Å². The third kappa shape index (κ3) is 3.29. The number of rotatable bonds is 5. The van der Waals surface area contributed by atoms with E-state index in [1.54, 1.807) is 25.4 Å². The van der Waals surface area contributed by atoms with E-state index >= 15 is 0 Å². The highest BCUT2D eigenvalue weighted by Crippen LogP contribution is 2.28. The topological polar surface area (TPSA) is 67.1 Å². The van der Waals surface area contributed by atoms with Crippen LogP contribution < -0.4 is 0 Å². The van der Waals surface area contributed by atoms with Crippen LogP contribution in [0.5, 0.6) is 0 Å². The molecule has 124 valence electrons. The molecule has 0 radical (unpaired) electrons. The van der Waals surface area contributed by atoms with E-state index in [0.29, 0.717) is 31.0 Å². The second-order valence-electron chi connectivity index (χ2n) is 5.42. The molecular weight excluding hydrogens is 333 g/mol. The number of aromatic nitrogens is 1. The first-order chi connectivity index (χ1) is 11.6. The van der Waals surface area contributed by atoms with Crippen molar-refractivity contribution in [1.29, 1.82) is 0 Å². The van der Waals surface area contributed by atoms with E-state index < -0.39 is 5.82 Å². The highest BCUT2D eigenvalue weighted by Gasteiger charge is 2.22. The summed E-state index contributed by atoms with van der Waals surface area (Å²) in [6.45, 7) is 0.426. The molecule has 0 bridgehead atoms. The Morgan fingerprint density at radius 2 is 2.25 bits per heavy atom. The molecule has 0 atom stereocenters. The molecule has 0 unspecified atom stereocenters. The van der Waals surface area contributed by atoms with Crippen LogP contribution in [-0.2, 0) is 17.6 Å². The molecule has 0 spiro atoms. The molecule has 0 amide bonds. The number of hydrogen-bond acceptors (Lipinski definition) is 5. The number of methoxy groups -OCH3 is 1. The Morgan fingerprint density at radius 1 is 1.42 bits per heavy atom. The van der Waals surface area contributed by atoms with Crippen molar-refractivity contribution in [1.82, 2.24) is 4.98 Å². The first-order valence-corrected chi connectivity index (χ1v) is 7.68. The summed E-state index contributed by atoms with van der Waals surface area (Å²) in [6, 6.07) is 6.21. The maximum absolute atomic E-state index is 13.3. The molecular formula is C17H15ClFN3O2. The zero-order valence-corrected chi connectivity index (χ0v) is 13.7. The van der Waals surface area contributed by atoms with Gasteiger partial charge in [-0.1, -0.05) is 22.8 Å². The van der Waals surface area contributed by atoms with Crippen molar-refractivity contribution < 1.29 is 14.3 Å². The van der Waals surface area contributed by atoms with Gasteiger partial charge in [0.1, 0.15) is 5.82 Å². The summed E-state index contributed by atoms with van der Waals surface area (Å²) in [5.41, 5.74) is 3.72. The molecule has 1 aliphatic heterocycles. The minimum atomic E-state index is -0.481. The van der Waals surface area contributed by atoms with Crippen molar-refractivity contribution in [2.75, 3.05) is 13.7 Å². The van der Waals surface area contributed by atoms with Crippen LogP contribution in [0.4, 0.5) is 10.2 Å². The normalized spacial score (nSPS) is 13.8. The third-order valence-electron chi connectivity index (χ3n) is 3.78. The van der Waals surface area contributed by atoms with Crippen molar-refractivity contribution in [3.8, 4) is 0 Å². The molecule has 5 nitrogen and oxygen atoms in total. The van der Waals surface area contributed by atoms with Crippen LogP contribution in [0.15, 0.2) is 40.6 Å². The summed E-state index contributed by atoms with van der Waals surface area (Å²) < 4.78 is 18.4. The fraction of sp³-hybridized carbons (Fsp3) is 0.235. The van der Waals surface area contributed by atoms with Gasteiger partial charge in [0.15, 0.2) is 5.82 Å². The minimum Gasteiger partial charge on any atom is -0.411 e. The molecule has 2 heterocycles. The zero-order valence-electron chi connectivity index (χ0n) is 13.0. The van der Waals surface area contributed by atoms with E-state index in [2.05, 4.69) is 15.1 Å². The van der Waals surface area contributed by atoms with E-state index in [-0.39, 0.29) is 5.02 Å². The first kappa shape index (κ1) is 16.5. The smallest absolute Gasteiger partial charge is 0.156 e. The Hall–Kier alpha value is -2.31. The molecule has 0 aliphatic carbocycles. The van der Waals surface area contributed by atoms with Gasteiger partial charge in [0.2, 0.25) is 0 Å². The molecule has 1 N–H and O–H groups in total. The van der Waals surface area contributed by atoms with Gasteiger partial charge < -0.3 is 9.94 Å². The summed E-state index contributed by atoms with van der Waals surface area (Å²) in [4.78, 5) is 8.68. The zero-order chi connectivity index (χ0) is 17.1. The Bertz CT molecular complexity index is 837. The summed E-state index contributed by atoms with van der Waals surface area (Å²) in [6.07, 6.45) is 2.53.